The molecule has 0 amide bonds. The van der Waals surface area contributed by atoms with Crippen molar-refractivity contribution in [1.82, 2.24) is 0 Å². The molecule has 0 saturated carbocycles. The molecule has 0 saturated heterocycles. The molecule has 117 heavy (non-hydrogen) atoms. The Morgan fingerprint density at radius 2 is 0.573 bits per heavy atom. The maximum atomic E-state index is 13.5. The third-order valence-corrected chi connectivity index (χ3v) is 16.2. The van der Waals surface area contributed by atoms with E-state index in [1.165, 1.54) is 5.56 Å². The molecule has 0 heterocycles. The molecule has 2 N–H and O–H groups in total. The standard InChI is InChI=1S/C13H12F12.C11H8F12.C9H4F12O2.C8H8.C7F12O2.C5H2F6O2.C2H3.BrH.Mg/c1-5-7(3,10(14,15)16)9(12(20,21)22,13(23,24)25)8(4,6-2)11(17,18)19;1-5(8(12,13)14)3-4-6(2,9(15,16)17)7(5,10(18,19)20)11(21,22)23;10-6(11,12)3(22)1-2-4(23,7(13,14)15)5(3,8(16,17)18)9(19,20)21;1-2-8-6-4-3-5-7-8;8-4(9,10)1(20)3(6(14,15)16,7(17,18)19)2(21)5(11,12)13;6-4(7,8)2(12)1-3(13)5(9,10)11;1-2;;/h5-6H,1-2H2,3-4H3;3-4H,1-2H3;1-2,22-23H;2-7H,1H2;;1H2;1H,2H2;1H;/q;;;;;;-1;;+2. The number of hydrogen-bond donors (Lipinski definition) is 2. The summed E-state index contributed by atoms with van der Waals surface area (Å²) in [5.41, 5.74) is -57.6. The summed E-state index contributed by atoms with van der Waals surface area (Å²) in [6.07, 6.45) is -128. The molecule has 0 bridgehead atoms. The van der Waals surface area contributed by atoms with Crippen LogP contribution in [0.25, 0.3) is 6.08 Å². The second-order valence-electron chi connectivity index (χ2n) is 22.7. The third-order valence-electron chi connectivity index (χ3n) is 16.2. The van der Waals surface area contributed by atoms with Crippen LogP contribution in [0, 0.1) is 49.9 Å². The van der Waals surface area contributed by atoms with Crippen LogP contribution in [-0.2, 0) is 19.2 Å². The van der Waals surface area contributed by atoms with Crippen LogP contribution >= 0.6 is 0 Å². The number of hydrogen-bond acceptors (Lipinski definition) is 6. The first-order chi connectivity index (χ1) is 49.3. The van der Waals surface area contributed by atoms with E-state index in [1.807, 2.05) is 36.4 Å². The zero-order valence-electron chi connectivity index (χ0n) is 56.6. The fourth-order valence-corrected chi connectivity index (χ4v) is 10.5. The van der Waals surface area contributed by atoms with E-state index in [2.05, 4.69) is 32.9 Å². The van der Waals surface area contributed by atoms with Crippen LogP contribution in [0.1, 0.15) is 41.1 Å². The molecule has 3 rings (SSSR count). The maximum Gasteiger partial charge on any atom is 2.00 e. The molecule has 0 aromatic heterocycles. The van der Waals surface area contributed by atoms with Gasteiger partial charge in [-0.2, -0.15) is 237 Å². The summed E-state index contributed by atoms with van der Waals surface area (Å²) in [4.78, 5) is 40.5. The summed E-state index contributed by atoms with van der Waals surface area (Å²) in [6.45, 7) is 12.9. The third kappa shape index (κ3) is 21.4. The first-order valence-electron chi connectivity index (χ1n) is 26.9. The minimum absolute atomic E-state index is 0. The quantitative estimate of drug-likeness (QED) is 0.0838. The summed E-state index contributed by atoms with van der Waals surface area (Å²) in [5.74, 6) is -15.2. The van der Waals surface area contributed by atoms with Crippen molar-refractivity contribution in [2.75, 3.05) is 0 Å². The fourth-order valence-electron chi connectivity index (χ4n) is 10.5. The Kier molecular flexibility index (Phi) is 37.4. The summed E-state index contributed by atoms with van der Waals surface area (Å²) in [5, 5.41) is 18.0. The number of ketones is 4. The molecule has 6 nitrogen and oxygen atoms in total. The molecular formula is C55H38BrF54MgO6+. The molecule has 1 aromatic carbocycles. The first-order valence-corrected chi connectivity index (χ1v) is 26.9. The fraction of sp³-hybridized carbons (Fsp3) is 0.600. The molecule has 0 fully saturated rings. The number of carbonyl (C=O) groups is 4. The number of aliphatic hydroxyl groups is 2. The number of carbonyl (C=O) groups excluding carboxylic acids is 4. The average molecular weight is 1930 g/mol. The molecule has 2 aliphatic carbocycles. The van der Waals surface area contributed by atoms with E-state index in [9.17, 15) is 256 Å². The van der Waals surface area contributed by atoms with E-state index in [1.54, 1.807) is 0 Å². The molecular weight excluding hydrogens is 1890 g/mol. The second kappa shape index (κ2) is 36.0. The van der Waals surface area contributed by atoms with Crippen LogP contribution in [0.15, 0.2) is 93.1 Å². The Hall–Kier alpha value is -6.27. The van der Waals surface area contributed by atoms with Gasteiger partial charge in [0.1, 0.15) is 21.7 Å². The molecule has 6 atom stereocenters. The van der Waals surface area contributed by atoms with Crippen molar-refractivity contribution in [3.63, 3.8) is 0 Å². The molecule has 680 valence electrons. The number of benzene rings is 1. The van der Waals surface area contributed by atoms with Crippen LogP contribution < -0.4 is 17.0 Å². The minimum Gasteiger partial charge on any atom is -1.00 e. The van der Waals surface area contributed by atoms with Crippen molar-refractivity contribution in [3.05, 3.63) is 105 Å². The van der Waals surface area contributed by atoms with Gasteiger partial charge >= 0.3 is 136 Å². The number of alkyl halides is 54. The van der Waals surface area contributed by atoms with E-state index in [0.29, 0.717) is 0 Å². The first kappa shape index (κ1) is 122. The van der Waals surface area contributed by atoms with E-state index in [0.717, 1.165) is 0 Å². The zero-order valence-corrected chi connectivity index (χ0v) is 58.6. The molecule has 2 aliphatic rings. The van der Waals surface area contributed by atoms with Crippen molar-refractivity contribution in [3.8, 4) is 0 Å². The van der Waals surface area contributed by atoms with E-state index >= 15 is 0 Å². The molecule has 0 spiro atoms. The number of rotatable bonds is 9. The van der Waals surface area contributed by atoms with Crippen molar-refractivity contribution in [2.24, 2.45) is 43.3 Å². The Labute approximate surface area is 641 Å². The van der Waals surface area contributed by atoms with Gasteiger partial charge in [0, 0.05) is 0 Å². The molecule has 0 radical (unpaired) electrons. The van der Waals surface area contributed by atoms with Gasteiger partial charge in [-0.05, 0) is 45.4 Å². The SMILES string of the molecule is C=CC(C)(C(F)(F)F)C(C(F)(F)F)(C(F)(F)F)C(C)(C=C)C(F)(F)F.C=Cc1ccccc1.CC1(C(F)(F)F)C=CC(C)(C(F)(F)F)C1(C(F)(F)F)C(F)(F)F.O=C(C(F)(F)F)C(C(=O)C(F)(F)F)(C(F)(F)F)C(F)(F)F.O=C(CC(=O)C(F)(F)F)C(F)(F)F.OC1(C(F)(F)F)C=CC(O)(C(F)(F)F)C1(C(F)(F)F)C(F)(F)F.[Br-].[CH-]=C.[H+].[Mg+2]. The van der Waals surface area contributed by atoms with E-state index in [4.69, 9.17) is 10.2 Å². The van der Waals surface area contributed by atoms with Crippen molar-refractivity contribution < 1.29 is 285 Å². The predicted molar refractivity (Wildman–Crippen MR) is 278 cm³/mol. The average Bonchev–Trinajstić information content (AvgIpc) is 1.42. The van der Waals surface area contributed by atoms with Gasteiger partial charge in [0.2, 0.25) is 28.2 Å². The van der Waals surface area contributed by atoms with Gasteiger partial charge in [-0.15, -0.1) is 13.2 Å². The van der Waals surface area contributed by atoms with Crippen LogP contribution in [0.3, 0.4) is 0 Å². The van der Waals surface area contributed by atoms with Gasteiger partial charge in [-0.3, -0.25) is 25.8 Å². The summed E-state index contributed by atoms with van der Waals surface area (Å²) < 4.78 is 684. The Bertz CT molecular complexity index is 3270. The van der Waals surface area contributed by atoms with Gasteiger partial charge in [-0.1, -0.05) is 67.3 Å². The van der Waals surface area contributed by atoms with Gasteiger partial charge in [-0.25, -0.2) is 0 Å². The van der Waals surface area contributed by atoms with Gasteiger partial charge in [0.15, 0.2) is 10.8 Å². The number of allylic oxidation sites excluding steroid dienone is 4. The van der Waals surface area contributed by atoms with Gasteiger partial charge < -0.3 is 33.8 Å². The predicted octanol–water partition coefficient (Wildman–Crippen LogP) is 20.3. The Morgan fingerprint density at radius 3 is 0.701 bits per heavy atom. The van der Waals surface area contributed by atoms with Gasteiger partial charge in [0.25, 0.3) is 17.0 Å². The zero-order chi connectivity index (χ0) is 95.1. The largest absolute Gasteiger partial charge is 2.00 e. The molecule has 62 heteroatoms. The van der Waals surface area contributed by atoms with Crippen molar-refractivity contribution in [2.45, 2.75) is 156 Å². The Morgan fingerprint density at radius 1 is 0.350 bits per heavy atom. The second-order valence-corrected chi connectivity index (χ2v) is 22.7. The molecule has 6 unspecified atom stereocenters. The van der Waals surface area contributed by atoms with E-state index in [-0.39, 0.29) is 41.5 Å². The van der Waals surface area contributed by atoms with Crippen LogP contribution in [0.5, 0.6) is 0 Å². The minimum atomic E-state index is -7.51. The van der Waals surface area contributed by atoms with Gasteiger partial charge in [0.05, 0.1) is 6.42 Å². The van der Waals surface area contributed by atoms with Crippen LogP contribution in [0.4, 0.5) is 237 Å². The molecule has 1 aromatic rings. The monoisotopic (exact) mass is 1920 g/mol. The van der Waals surface area contributed by atoms with Crippen LogP contribution in [0.2, 0.25) is 0 Å². The van der Waals surface area contributed by atoms with Crippen LogP contribution in [-0.4, -0.2) is 179 Å². The van der Waals surface area contributed by atoms with Crippen molar-refractivity contribution in [1.29, 1.82) is 0 Å². The maximum absolute atomic E-state index is 13.5. The summed E-state index contributed by atoms with van der Waals surface area (Å²) >= 11 is 0. The number of halogens is 55. The topological polar surface area (TPSA) is 109 Å². The summed E-state index contributed by atoms with van der Waals surface area (Å²) in [7, 11) is 0. The molecule has 0 aliphatic heterocycles. The number of Topliss-reactive ketones (excluding diaryl/α,β-unsaturated/α-hetero) is 4. The smallest absolute Gasteiger partial charge is 1.00 e. The van der Waals surface area contributed by atoms with E-state index < -0.39 is 259 Å². The Balaban J connectivity index is -0.000000254. The van der Waals surface area contributed by atoms with Crippen molar-refractivity contribution >= 4 is 52.3 Å². The summed E-state index contributed by atoms with van der Waals surface area (Å²) in [6, 6.07) is 10.0. The normalized spacial score (nSPS) is 21.7.